The molecule has 0 bridgehead atoms. The van der Waals surface area contributed by atoms with E-state index in [1.54, 1.807) is 24.3 Å². The molecule has 0 saturated carbocycles. The Labute approximate surface area is 149 Å². The van der Waals surface area contributed by atoms with Crippen LogP contribution in [-0.2, 0) is 20.9 Å². The summed E-state index contributed by atoms with van der Waals surface area (Å²) in [7, 11) is 1.51. The number of nitrogens with zero attached hydrogens (tertiary/aromatic N) is 4. The standard InChI is InChI=1S/C17H18N4O5/c1-12(16(23)20(2)10-6-9-18)25-14(22)11-21-17(24)26-15(19-21)13-7-4-3-5-8-13/h3-5,7-8,12H,6,10-11H2,1-2H3/t12-/m1/s1. The van der Waals surface area contributed by atoms with Crippen molar-refractivity contribution in [2.24, 2.45) is 0 Å². The van der Waals surface area contributed by atoms with Crippen LogP contribution >= 0.6 is 0 Å². The van der Waals surface area contributed by atoms with Gasteiger partial charge in [-0.2, -0.15) is 9.94 Å². The van der Waals surface area contributed by atoms with Gasteiger partial charge in [-0.15, -0.1) is 5.10 Å². The predicted molar refractivity (Wildman–Crippen MR) is 89.6 cm³/mol. The largest absolute Gasteiger partial charge is 0.451 e. The van der Waals surface area contributed by atoms with E-state index < -0.39 is 30.3 Å². The summed E-state index contributed by atoms with van der Waals surface area (Å²) in [5.41, 5.74) is 0.597. The highest BCUT2D eigenvalue weighted by atomic mass is 16.5. The smallest absolute Gasteiger partial charge is 0.437 e. The van der Waals surface area contributed by atoms with E-state index in [4.69, 9.17) is 14.4 Å². The molecule has 0 aliphatic heterocycles. The van der Waals surface area contributed by atoms with Gasteiger partial charge in [0.05, 0.1) is 12.5 Å². The highest BCUT2D eigenvalue weighted by Gasteiger charge is 2.22. The molecule has 0 spiro atoms. The van der Waals surface area contributed by atoms with Crippen LogP contribution in [0.5, 0.6) is 0 Å². The van der Waals surface area contributed by atoms with Crippen LogP contribution < -0.4 is 5.76 Å². The maximum Gasteiger partial charge on any atom is 0.437 e. The Balaban J connectivity index is 1.98. The van der Waals surface area contributed by atoms with Crippen LogP contribution in [0.2, 0.25) is 0 Å². The molecule has 0 aliphatic rings. The molecular weight excluding hydrogens is 340 g/mol. The van der Waals surface area contributed by atoms with E-state index in [0.29, 0.717) is 5.56 Å². The first-order valence-electron chi connectivity index (χ1n) is 7.87. The maximum atomic E-state index is 12.0. The van der Waals surface area contributed by atoms with Crippen LogP contribution in [0, 0.1) is 11.3 Å². The van der Waals surface area contributed by atoms with Crippen molar-refractivity contribution in [2.75, 3.05) is 13.6 Å². The minimum atomic E-state index is -1.04. The molecule has 0 aliphatic carbocycles. The summed E-state index contributed by atoms with van der Waals surface area (Å²) in [5, 5.41) is 12.5. The normalized spacial score (nSPS) is 11.4. The summed E-state index contributed by atoms with van der Waals surface area (Å²) < 4.78 is 10.9. The molecule has 26 heavy (non-hydrogen) atoms. The molecule has 1 atom stereocenters. The third-order valence-corrected chi connectivity index (χ3v) is 3.50. The highest BCUT2D eigenvalue weighted by molar-refractivity contribution is 5.83. The maximum absolute atomic E-state index is 12.0. The topological polar surface area (TPSA) is 118 Å². The van der Waals surface area contributed by atoms with Gasteiger partial charge in [-0.3, -0.25) is 9.59 Å². The van der Waals surface area contributed by atoms with E-state index >= 15 is 0 Å². The molecule has 0 saturated heterocycles. The number of ether oxygens (including phenoxy) is 1. The molecule has 1 aromatic carbocycles. The molecule has 0 N–H and O–H groups in total. The third kappa shape index (κ3) is 4.80. The second-order valence-corrected chi connectivity index (χ2v) is 5.50. The number of nitriles is 1. The number of carbonyl (C=O) groups excluding carboxylic acids is 2. The minimum Gasteiger partial charge on any atom is -0.451 e. The Morgan fingerprint density at radius 3 is 2.73 bits per heavy atom. The Hall–Kier alpha value is -3.41. The van der Waals surface area contributed by atoms with Gasteiger partial charge in [0.25, 0.3) is 5.91 Å². The molecule has 9 nitrogen and oxygen atoms in total. The van der Waals surface area contributed by atoms with Crippen LogP contribution in [0.15, 0.2) is 39.5 Å². The fourth-order valence-electron chi connectivity index (χ4n) is 2.15. The fraction of sp³-hybridized carbons (Fsp3) is 0.353. The zero-order valence-corrected chi connectivity index (χ0v) is 14.4. The molecular formula is C17H18N4O5. The van der Waals surface area contributed by atoms with E-state index in [0.717, 1.165) is 4.68 Å². The van der Waals surface area contributed by atoms with E-state index in [2.05, 4.69) is 5.10 Å². The van der Waals surface area contributed by atoms with Crippen molar-refractivity contribution < 1.29 is 18.7 Å². The van der Waals surface area contributed by atoms with Crippen LogP contribution in [-0.4, -0.2) is 46.3 Å². The second kappa shape index (κ2) is 8.62. The van der Waals surface area contributed by atoms with Gasteiger partial charge in [0.15, 0.2) is 6.10 Å². The number of rotatable bonds is 7. The monoisotopic (exact) mass is 358 g/mol. The molecule has 0 unspecified atom stereocenters. The SMILES string of the molecule is C[C@@H](OC(=O)Cn1nc(-c2ccccc2)oc1=O)C(=O)N(C)CCC#N. The first kappa shape index (κ1) is 18.9. The molecule has 0 fully saturated rings. The Morgan fingerprint density at radius 2 is 2.08 bits per heavy atom. The van der Waals surface area contributed by atoms with Crippen molar-refractivity contribution in [2.45, 2.75) is 26.0 Å². The summed E-state index contributed by atoms with van der Waals surface area (Å²) in [5.74, 6) is -1.95. The minimum absolute atomic E-state index is 0.0868. The van der Waals surface area contributed by atoms with Gasteiger partial charge < -0.3 is 14.1 Å². The Kier molecular flexibility index (Phi) is 6.27. The first-order chi connectivity index (χ1) is 12.4. The van der Waals surface area contributed by atoms with E-state index in [-0.39, 0.29) is 18.9 Å². The van der Waals surface area contributed by atoms with Gasteiger partial charge >= 0.3 is 11.7 Å². The van der Waals surface area contributed by atoms with Gasteiger partial charge in [-0.05, 0) is 19.1 Å². The number of amides is 1. The summed E-state index contributed by atoms with van der Waals surface area (Å²) >= 11 is 0. The highest BCUT2D eigenvalue weighted by Crippen LogP contribution is 2.13. The van der Waals surface area contributed by atoms with Crippen molar-refractivity contribution in [1.82, 2.24) is 14.7 Å². The van der Waals surface area contributed by atoms with Crippen molar-refractivity contribution in [3.63, 3.8) is 0 Å². The van der Waals surface area contributed by atoms with Crippen molar-refractivity contribution in [1.29, 1.82) is 5.26 Å². The zero-order valence-electron chi connectivity index (χ0n) is 14.4. The molecule has 1 amide bonds. The van der Waals surface area contributed by atoms with Crippen molar-refractivity contribution in [3.8, 4) is 17.5 Å². The molecule has 9 heteroatoms. The number of benzene rings is 1. The van der Waals surface area contributed by atoms with Crippen LogP contribution in [0.25, 0.3) is 11.5 Å². The van der Waals surface area contributed by atoms with Gasteiger partial charge in [0.1, 0.15) is 6.54 Å². The lowest BCUT2D eigenvalue weighted by Gasteiger charge is -2.20. The van der Waals surface area contributed by atoms with Gasteiger partial charge in [-0.1, -0.05) is 18.2 Å². The summed E-state index contributed by atoms with van der Waals surface area (Å²) in [4.78, 5) is 37.1. The number of hydrogen-bond acceptors (Lipinski definition) is 7. The average molecular weight is 358 g/mol. The number of esters is 1. The third-order valence-electron chi connectivity index (χ3n) is 3.50. The first-order valence-corrected chi connectivity index (χ1v) is 7.87. The van der Waals surface area contributed by atoms with Gasteiger partial charge in [0, 0.05) is 19.2 Å². The molecule has 2 aromatic rings. The Bertz CT molecular complexity index is 865. The van der Waals surface area contributed by atoms with Crippen LogP contribution in [0.4, 0.5) is 0 Å². The summed E-state index contributed by atoms with van der Waals surface area (Å²) in [6, 6.07) is 10.7. The number of hydrogen-bond donors (Lipinski definition) is 0. The van der Waals surface area contributed by atoms with Crippen LogP contribution in [0.3, 0.4) is 0 Å². The molecule has 1 aromatic heterocycles. The zero-order chi connectivity index (χ0) is 19.1. The lowest BCUT2D eigenvalue weighted by Crippen LogP contribution is -2.38. The van der Waals surface area contributed by atoms with E-state index in [9.17, 15) is 14.4 Å². The lowest BCUT2D eigenvalue weighted by molar-refractivity contribution is -0.159. The quantitative estimate of drug-likeness (QED) is 0.672. The van der Waals surface area contributed by atoms with Gasteiger partial charge in [-0.25, -0.2) is 4.79 Å². The van der Waals surface area contributed by atoms with E-state index in [1.165, 1.54) is 18.9 Å². The van der Waals surface area contributed by atoms with Crippen molar-refractivity contribution in [3.05, 3.63) is 40.9 Å². The fourth-order valence-corrected chi connectivity index (χ4v) is 2.15. The molecule has 1 heterocycles. The van der Waals surface area contributed by atoms with E-state index in [1.807, 2.05) is 12.1 Å². The molecule has 2 rings (SSSR count). The predicted octanol–water partition coefficient (Wildman–Crippen LogP) is 0.807. The Morgan fingerprint density at radius 1 is 1.38 bits per heavy atom. The lowest BCUT2D eigenvalue weighted by atomic mass is 10.2. The summed E-state index contributed by atoms with van der Waals surface area (Å²) in [6.45, 7) is 1.18. The second-order valence-electron chi connectivity index (χ2n) is 5.50. The number of aromatic nitrogens is 2. The van der Waals surface area contributed by atoms with Crippen LogP contribution in [0.1, 0.15) is 13.3 Å². The van der Waals surface area contributed by atoms with Crippen molar-refractivity contribution >= 4 is 11.9 Å². The molecule has 136 valence electrons. The summed E-state index contributed by atoms with van der Waals surface area (Å²) in [6.07, 6.45) is -0.859. The number of likely N-dealkylation sites (N-methyl/N-ethyl adjacent to an activating group) is 1. The van der Waals surface area contributed by atoms with Gasteiger partial charge in [0.2, 0.25) is 5.89 Å². The number of carbonyl (C=O) groups is 2. The average Bonchev–Trinajstić information content (AvgIpc) is 3.00. The molecule has 0 radical (unpaired) electrons.